The van der Waals surface area contributed by atoms with Crippen LogP contribution in [0.5, 0.6) is 0 Å². The van der Waals surface area contributed by atoms with Crippen LogP contribution in [0.2, 0.25) is 0 Å². The van der Waals surface area contributed by atoms with E-state index in [1.807, 2.05) is 0 Å². The van der Waals surface area contributed by atoms with Crippen molar-refractivity contribution in [2.75, 3.05) is 5.32 Å². The van der Waals surface area contributed by atoms with Crippen LogP contribution >= 0.6 is 0 Å². The van der Waals surface area contributed by atoms with E-state index in [0.717, 1.165) is 0 Å². The summed E-state index contributed by atoms with van der Waals surface area (Å²) in [6.07, 6.45) is 0.835. The van der Waals surface area contributed by atoms with Gasteiger partial charge in [0, 0.05) is 7.05 Å². The van der Waals surface area contributed by atoms with Gasteiger partial charge in [0.05, 0.1) is 12.5 Å². The molecule has 1 aromatic rings. The normalized spacial score (nSPS) is 12.1. The zero-order valence-corrected chi connectivity index (χ0v) is 8.04. The number of anilines is 1. The van der Waals surface area contributed by atoms with Crippen molar-refractivity contribution >= 4 is 17.8 Å². The molecule has 0 aliphatic rings. The molecule has 8 nitrogen and oxygen atoms in total. The number of aromatic nitrogens is 3. The summed E-state index contributed by atoms with van der Waals surface area (Å²) in [7, 11) is 1.59. The van der Waals surface area contributed by atoms with Crippen molar-refractivity contribution < 1.29 is 14.7 Å². The number of aryl methyl sites for hydroxylation is 1. The Hall–Kier alpha value is -1.96. The zero-order valence-electron chi connectivity index (χ0n) is 8.04. The summed E-state index contributed by atoms with van der Waals surface area (Å²) in [4.78, 5) is 25.3. The molecule has 0 bridgehead atoms. The van der Waals surface area contributed by atoms with Crippen LogP contribution in [-0.2, 0) is 16.6 Å². The predicted octanol–water partition coefficient (Wildman–Crippen LogP) is -1.44. The lowest BCUT2D eigenvalue weighted by atomic mass is 10.2. The van der Waals surface area contributed by atoms with Crippen LogP contribution < -0.4 is 11.1 Å². The molecule has 0 aliphatic carbocycles. The van der Waals surface area contributed by atoms with E-state index in [4.69, 9.17) is 10.8 Å². The second-order valence-electron chi connectivity index (χ2n) is 2.90. The van der Waals surface area contributed by atoms with Crippen molar-refractivity contribution in [3.05, 3.63) is 6.33 Å². The maximum atomic E-state index is 11.3. The standard InChI is InChI=1S/C7H11N5O3/c1-12-7(9-3-10-12)11-6(15)4(8)2-5(13)14/h3-4H,2,8H2,1H3,(H,13,14)(H,9,10,11,15). The molecule has 0 saturated carbocycles. The van der Waals surface area contributed by atoms with Gasteiger partial charge in [-0.25, -0.2) is 4.68 Å². The van der Waals surface area contributed by atoms with Crippen LogP contribution in [0.3, 0.4) is 0 Å². The number of carbonyl (C=O) groups excluding carboxylic acids is 1. The minimum atomic E-state index is -1.13. The smallest absolute Gasteiger partial charge is 0.305 e. The van der Waals surface area contributed by atoms with Gasteiger partial charge >= 0.3 is 5.97 Å². The Morgan fingerprint density at radius 3 is 2.87 bits per heavy atom. The van der Waals surface area contributed by atoms with E-state index in [9.17, 15) is 9.59 Å². The minimum Gasteiger partial charge on any atom is -0.481 e. The third-order valence-corrected chi connectivity index (χ3v) is 1.68. The van der Waals surface area contributed by atoms with Crippen LogP contribution in [0.15, 0.2) is 6.33 Å². The minimum absolute atomic E-state index is 0.223. The molecule has 4 N–H and O–H groups in total. The molecule has 8 heteroatoms. The molecule has 1 atom stereocenters. The number of carboxylic acid groups (broad SMARTS) is 1. The number of nitrogens with two attached hydrogens (primary N) is 1. The van der Waals surface area contributed by atoms with Gasteiger partial charge in [-0.1, -0.05) is 0 Å². The number of nitrogens with one attached hydrogen (secondary N) is 1. The molecule has 0 radical (unpaired) electrons. The Bertz CT molecular complexity index is 374. The molecule has 0 fully saturated rings. The van der Waals surface area contributed by atoms with Crippen LogP contribution in [0.25, 0.3) is 0 Å². The van der Waals surface area contributed by atoms with Gasteiger partial charge in [-0.05, 0) is 0 Å². The Balaban J connectivity index is 2.56. The van der Waals surface area contributed by atoms with Gasteiger partial charge in [0.1, 0.15) is 6.33 Å². The predicted molar refractivity (Wildman–Crippen MR) is 49.9 cm³/mol. The third kappa shape index (κ3) is 3.02. The lowest BCUT2D eigenvalue weighted by Gasteiger charge is -2.08. The monoisotopic (exact) mass is 213 g/mol. The molecule has 0 spiro atoms. The highest BCUT2D eigenvalue weighted by molar-refractivity contribution is 5.95. The average Bonchev–Trinajstić information content (AvgIpc) is 2.50. The zero-order chi connectivity index (χ0) is 11.4. The molecule has 1 aromatic heterocycles. The van der Waals surface area contributed by atoms with E-state index in [-0.39, 0.29) is 5.95 Å². The highest BCUT2D eigenvalue weighted by atomic mass is 16.4. The van der Waals surface area contributed by atoms with Crippen LogP contribution in [-0.4, -0.2) is 37.8 Å². The van der Waals surface area contributed by atoms with Crippen molar-refractivity contribution in [3.63, 3.8) is 0 Å². The number of carboxylic acids is 1. The molecule has 82 valence electrons. The first kappa shape index (κ1) is 11.1. The lowest BCUT2D eigenvalue weighted by Crippen LogP contribution is -2.38. The van der Waals surface area contributed by atoms with E-state index < -0.39 is 24.3 Å². The highest BCUT2D eigenvalue weighted by Gasteiger charge is 2.18. The number of nitrogens with zero attached hydrogens (tertiary/aromatic N) is 3. The summed E-state index contributed by atoms with van der Waals surface area (Å²) < 4.78 is 1.34. The summed E-state index contributed by atoms with van der Waals surface area (Å²) in [6.45, 7) is 0. The lowest BCUT2D eigenvalue weighted by molar-refractivity contribution is -0.138. The van der Waals surface area contributed by atoms with Crippen LogP contribution in [0.4, 0.5) is 5.95 Å². The van der Waals surface area contributed by atoms with Crippen molar-refractivity contribution in [2.45, 2.75) is 12.5 Å². The third-order valence-electron chi connectivity index (χ3n) is 1.68. The van der Waals surface area contributed by atoms with Crippen LogP contribution in [0.1, 0.15) is 6.42 Å². The molecule has 1 amide bonds. The molecule has 0 aromatic carbocycles. The molecular formula is C7H11N5O3. The first-order valence-electron chi connectivity index (χ1n) is 4.13. The van der Waals surface area contributed by atoms with Gasteiger partial charge in [-0.15, -0.1) is 0 Å². The Morgan fingerprint density at radius 1 is 1.73 bits per heavy atom. The maximum absolute atomic E-state index is 11.3. The van der Waals surface area contributed by atoms with E-state index in [1.54, 1.807) is 7.05 Å². The SMILES string of the molecule is Cn1ncnc1NC(=O)C(N)CC(=O)O. The summed E-state index contributed by atoms with van der Waals surface area (Å²) in [5.74, 6) is -1.51. The number of hydrogen-bond donors (Lipinski definition) is 3. The van der Waals surface area contributed by atoms with Gasteiger partial charge < -0.3 is 10.8 Å². The number of rotatable bonds is 4. The molecule has 15 heavy (non-hydrogen) atoms. The number of carbonyl (C=O) groups is 2. The second-order valence-corrected chi connectivity index (χ2v) is 2.90. The van der Waals surface area contributed by atoms with E-state index in [0.29, 0.717) is 0 Å². The Labute approximate surface area is 85.1 Å². The van der Waals surface area contributed by atoms with Crippen molar-refractivity contribution in [3.8, 4) is 0 Å². The van der Waals surface area contributed by atoms with Crippen molar-refractivity contribution in [1.82, 2.24) is 14.8 Å². The summed E-state index contributed by atoms with van der Waals surface area (Å²) in [6, 6.07) is -1.10. The highest BCUT2D eigenvalue weighted by Crippen LogP contribution is 1.99. The van der Waals surface area contributed by atoms with E-state index in [1.165, 1.54) is 11.0 Å². The van der Waals surface area contributed by atoms with E-state index >= 15 is 0 Å². The average molecular weight is 213 g/mol. The maximum Gasteiger partial charge on any atom is 0.305 e. The topological polar surface area (TPSA) is 123 Å². The first-order chi connectivity index (χ1) is 7.00. The number of hydrogen-bond acceptors (Lipinski definition) is 5. The van der Waals surface area contributed by atoms with Gasteiger partial charge in [-0.2, -0.15) is 10.1 Å². The molecule has 1 rings (SSSR count). The number of amides is 1. The second kappa shape index (κ2) is 4.51. The fourth-order valence-electron chi connectivity index (χ4n) is 0.893. The quantitative estimate of drug-likeness (QED) is 0.562. The summed E-state index contributed by atoms with van der Waals surface area (Å²) in [5, 5.41) is 14.5. The van der Waals surface area contributed by atoms with E-state index in [2.05, 4.69) is 15.4 Å². The Morgan fingerprint density at radius 2 is 2.40 bits per heavy atom. The van der Waals surface area contributed by atoms with Gasteiger partial charge in [-0.3, -0.25) is 14.9 Å². The van der Waals surface area contributed by atoms with Crippen molar-refractivity contribution in [2.24, 2.45) is 12.8 Å². The van der Waals surface area contributed by atoms with Crippen LogP contribution in [0, 0.1) is 0 Å². The molecule has 0 saturated heterocycles. The summed E-state index contributed by atoms with van der Waals surface area (Å²) >= 11 is 0. The fraction of sp³-hybridized carbons (Fsp3) is 0.429. The molecule has 1 heterocycles. The molecule has 1 unspecified atom stereocenters. The number of aliphatic carboxylic acids is 1. The first-order valence-corrected chi connectivity index (χ1v) is 4.13. The largest absolute Gasteiger partial charge is 0.481 e. The van der Waals surface area contributed by atoms with Crippen molar-refractivity contribution in [1.29, 1.82) is 0 Å². The molecular weight excluding hydrogens is 202 g/mol. The fourth-order valence-corrected chi connectivity index (χ4v) is 0.893. The summed E-state index contributed by atoms with van der Waals surface area (Å²) in [5.41, 5.74) is 5.33. The van der Waals surface area contributed by atoms with Gasteiger partial charge in [0.25, 0.3) is 0 Å². The Kier molecular flexibility index (Phi) is 3.34. The van der Waals surface area contributed by atoms with Gasteiger partial charge in [0.15, 0.2) is 0 Å². The molecule has 0 aliphatic heterocycles. The van der Waals surface area contributed by atoms with Gasteiger partial charge in [0.2, 0.25) is 11.9 Å².